The van der Waals surface area contributed by atoms with Gasteiger partial charge in [-0.1, -0.05) is 25.1 Å². The Morgan fingerprint density at radius 3 is 2.70 bits per heavy atom. The number of hydrogen-bond donors (Lipinski definition) is 1. The topological polar surface area (TPSA) is 51.1 Å². The molecule has 0 saturated heterocycles. The molecule has 0 atom stereocenters. The number of nitrogens with zero attached hydrogens (tertiary/aromatic N) is 1. The van der Waals surface area contributed by atoms with Gasteiger partial charge in [0.15, 0.2) is 0 Å². The first-order valence-corrected chi connectivity index (χ1v) is 9.02. The maximum absolute atomic E-state index is 11.2. The molecule has 4 nitrogen and oxygen atoms in total. The molecule has 0 bridgehead atoms. The van der Waals surface area contributed by atoms with Gasteiger partial charge in [0.25, 0.3) is 0 Å². The van der Waals surface area contributed by atoms with Gasteiger partial charge >= 0.3 is 0 Å². The van der Waals surface area contributed by atoms with Gasteiger partial charge in [0, 0.05) is 36.4 Å². The SMILES string of the molecule is CCNCc1cn(CCCS(C)(=O)=O)c2ccccc12. The third-order valence-electron chi connectivity index (χ3n) is 3.35. The molecule has 0 aliphatic heterocycles. The Kier molecular flexibility index (Phi) is 4.83. The van der Waals surface area contributed by atoms with Crippen molar-refractivity contribution in [1.29, 1.82) is 0 Å². The van der Waals surface area contributed by atoms with Gasteiger partial charge in [0.05, 0.1) is 5.75 Å². The first-order valence-electron chi connectivity index (χ1n) is 6.96. The minimum absolute atomic E-state index is 0.238. The van der Waals surface area contributed by atoms with Crippen molar-refractivity contribution in [1.82, 2.24) is 9.88 Å². The second-order valence-corrected chi connectivity index (χ2v) is 7.39. The molecular weight excluding hydrogens is 272 g/mol. The molecule has 5 heteroatoms. The summed E-state index contributed by atoms with van der Waals surface area (Å²) in [6.45, 7) is 4.61. The lowest BCUT2D eigenvalue weighted by molar-refractivity contribution is 0.593. The summed E-state index contributed by atoms with van der Waals surface area (Å²) in [7, 11) is -2.88. The molecule has 0 spiro atoms. The number of benzene rings is 1. The number of rotatable bonds is 7. The van der Waals surface area contributed by atoms with E-state index in [1.165, 1.54) is 22.7 Å². The van der Waals surface area contributed by atoms with Crippen LogP contribution in [0.5, 0.6) is 0 Å². The highest BCUT2D eigenvalue weighted by Gasteiger charge is 2.08. The highest BCUT2D eigenvalue weighted by atomic mass is 32.2. The van der Waals surface area contributed by atoms with E-state index in [1.807, 2.05) is 12.1 Å². The summed E-state index contributed by atoms with van der Waals surface area (Å²) >= 11 is 0. The van der Waals surface area contributed by atoms with Gasteiger partial charge in [-0.05, 0) is 24.6 Å². The van der Waals surface area contributed by atoms with Gasteiger partial charge in [0.2, 0.25) is 0 Å². The Balaban J connectivity index is 2.20. The van der Waals surface area contributed by atoms with Crippen molar-refractivity contribution in [3.05, 3.63) is 36.0 Å². The molecular formula is C15H22N2O2S. The zero-order valence-electron chi connectivity index (χ0n) is 12.1. The summed E-state index contributed by atoms with van der Waals surface area (Å²) in [6, 6.07) is 8.27. The highest BCUT2D eigenvalue weighted by molar-refractivity contribution is 7.90. The predicted octanol–water partition coefficient (Wildman–Crippen LogP) is 2.19. The molecule has 0 saturated carbocycles. The first-order chi connectivity index (χ1) is 9.51. The minimum Gasteiger partial charge on any atom is -0.347 e. The molecule has 0 aliphatic carbocycles. The van der Waals surface area contributed by atoms with E-state index in [0.29, 0.717) is 6.42 Å². The standard InChI is InChI=1S/C15H22N2O2S/c1-3-16-11-13-12-17(9-6-10-20(2,18)19)15-8-5-4-7-14(13)15/h4-5,7-8,12,16H,3,6,9-11H2,1-2H3. The van der Waals surface area contributed by atoms with Crippen LogP contribution >= 0.6 is 0 Å². The molecule has 1 aromatic heterocycles. The summed E-state index contributed by atoms with van der Waals surface area (Å²) in [5.41, 5.74) is 2.44. The monoisotopic (exact) mass is 294 g/mol. The maximum atomic E-state index is 11.2. The van der Waals surface area contributed by atoms with Crippen molar-refractivity contribution in [2.75, 3.05) is 18.6 Å². The fraction of sp³-hybridized carbons (Fsp3) is 0.467. The van der Waals surface area contributed by atoms with Crippen LogP contribution in [0, 0.1) is 0 Å². The van der Waals surface area contributed by atoms with E-state index in [2.05, 4.69) is 35.1 Å². The Hall–Kier alpha value is -1.33. The number of aryl methyl sites for hydroxylation is 1. The van der Waals surface area contributed by atoms with Crippen LogP contribution in [0.3, 0.4) is 0 Å². The van der Waals surface area contributed by atoms with Gasteiger partial charge in [-0.25, -0.2) is 8.42 Å². The molecule has 1 N–H and O–H groups in total. The summed E-state index contributed by atoms with van der Waals surface area (Å²) in [5, 5.41) is 4.58. The lowest BCUT2D eigenvalue weighted by Crippen LogP contribution is -2.11. The van der Waals surface area contributed by atoms with Crippen molar-refractivity contribution in [2.24, 2.45) is 0 Å². The van der Waals surface area contributed by atoms with E-state index < -0.39 is 9.84 Å². The van der Waals surface area contributed by atoms with Crippen LogP contribution in [0.2, 0.25) is 0 Å². The Bertz CT molecular complexity index is 674. The summed E-state index contributed by atoms with van der Waals surface area (Å²) < 4.78 is 24.6. The quantitative estimate of drug-likeness (QED) is 0.851. The van der Waals surface area contributed by atoms with Crippen LogP contribution in [-0.4, -0.2) is 31.5 Å². The number of fused-ring (bicyclic) bond motifs is 1. The first kappa shape index (κ1) is 15.1. The average molecular weight is 294 g/mol. The largest absolute Gasteiger partial charge is 0.347 e. The summed E-state index contributed by atoms with van der Waals surface area (Å²) in [4.78, 5) is 0. The number of hydrogen-bond acceptors (Lipinski definition) is 3. The molecule has 0 aliphatic rings. The van der Waals surface area contributed by atoms with Gasteiger partial charge in [-0.15, -0.1) is 0 Å². The molecule has 110 valence electrons. The molecule has 0 amide bonds. The Morgan fingerprint density at radius 2 is 2.00 bits per heavy atom. The zero-order chi connectivity index (χ0) is 14.6. The summed E-state index contributed by atoms with van der Waals surface area (Å²) in [6.07, 6.45) is 4.07. The fourth-order valence-corrected chi connectivity index (χ4v) is 3.06. The van der Waals surface area contributed by atoms with Crippen molar-refractivity contribution in [3.8, 4) is 0 Å². The van der Waals surface area contributed by atoms with E-state index in [9.17, 15) is 8.42 Å². The highest BCUT2D eigenvalue weighted by Crippen LogP contribution is 2.21. The lowest BCUT2D eigenvalue weighted by atomic mass is 10.2. The van der Waals surface area contributed by atoms with Gasteiger partial charge in [-0.3, -0.25) is 0 Å². The van der Waals surface area contributed by atoms with Crippen molar-refractivity contribution in [2.45, 2.75) is 26.4 Å². The second-order valence-electron chi connectivity index (χ2n) is 5.13. The van der Waals surface area contributed by atoms with E-state index in [4.69, 9.17) is 0 Å². The Labute approximate surface area is 120 Å². The molecule has 0 radical (unpaired) electrons. The molecule has 2 aromatic rings. The number of aromatic nitrogens is 1. The van der Waals surface area contributed by atoms with Crippen molar-refractivity contribution < 1.29 is 8.42 Å². The number of para-hydroxylation sites is 1. The third-order valence-corrected chi connectivity index (χ3v) is 4.38. The third kappa shape index (κ3) is 3.84. The van der Waals surface area contributed by atoms with Gasteiger partial charge in [0.1, 0.15) is 9.84 Å². The van der Waals surface area contributed by atoms with E-state index in [0.717, 1.165) is 19.6 Å². The van der Waals surface area contributed by atoms with Crippen LogP contribution in [-0.2, 0) is 22.9 Å². The molecule has 1 aromatic carbocycles. The lowest BCUT2D eigenvalue weighted by Gasteiger charge is -2.04. The number of nitrogens with one attached hydrogen (secondary N) is 1. The van der Waals surface area contributed by atoms with E-state index in [1.54, 1.807) is 0 Å². The molecule has 1 heterocycles. The smallest absolute Gasteiger partial charge is 0.147 e. The van der Waals surface area contributed by atoms with E-state index >= 15 is 0 Å². The van der Waals surface area contributed by atoms with Crippen LogP contribution < -0.4 is 5.32 Å². The van der Waals surface area contributed by atoms with Gasteiger partial charge in [-0.2, -0.15) is 0 Å². The summed E-state index contributed by atoms with van der Waals surface area (Å²) in [5.74, 6) is 0.238. The molecule has 20 heavy (non-hydrogen) atoms. The van der Waals surface area contributed by atoms with Crippen LogP contribution in [0.25, 0.3) is 10.9 Å². The second kappa shape index (κ2) is 6.41. The van der Waals surface area contributed by atoms with Crippen LogP contribution in [0.15, 0.2) is 30.5 Å². The normalized spacial score (nSPS) is 12.1. The average Bonchev–Trinajstić information content (AvgIpc) is 2.74. The Morgan fingerprint density at radius 1 is 1.25 bits per heavy atom. The van der Waals surface area contributed by atoms with Crippen molar-refractivity contribution in [3.63, 3.8) is 0 Å². The van der Waals surface area contributed by atoms with E-state index in [-0.39, 0.29) is 5.75 Å². The zero-order valence-corrected chi connectivity index (χ0v) is 12.9. The molecule has 0 fully saturated rings. The van der Waals surface area contributed by atoms with Gasteiger partial charge < -0.3 is 9.88 Å². The molecule has 0 unspecified atom stereocenters. The van der Waals surface area contributed by atoms with Crippen molar-refractivity contribution >= 4 is 20.7 Å². The predicted molar refractivity (Wildman–Crippen MR) is 83.6 cm³/mol. The van der Waals surface area contributed by atoms with Crippen LogP contribution in [0.4, 0.5) is 0 Å². The minimum atomic E-state index is -2.88. The number of sulfone groups is 1. The maximum Gasteiger partial charge on any atom is 0.147 e. The van der Waals surface area contributed by atoms with Crippen LogP contribution in [0.1, 0.15) is 18.9 Å². The fourth-order valence-electron chi connectivity index (χ4n) is 2.41. The molecule has 2 rings (SSSR count).